The van der Waals surface area contributed by atoms with Gasteiger partial charge in [0.2, 0.25) is 10.0 Å². The molecule has 0 atom stereocenters. The number of benzene rings is 2. The lowest BCUT2D eigenvalue weighted by molar-refractivity contribution is -0.134. The summed E-state index contributed by atoms with van der Waals surface area (Å²) in [4.78, 5) is 12.0. The third kappa shape index (κ3) is 5.04. The number of rotatable bonds is 6. The zero-order valence-corrected chi connectivity index (χ0v) is 16.9. The molecule has 0 unspecified atom stereocenters. The van der Waals surface area contributed by atoms with Crippen molar-refractivity contribution in [3.8, 4) is 5.75 Å². The van der Waals surface area contributed by atoms with E-state index in [0.717, 1.165) is 40.1 Å². The van der Waals surface area contributed by atoms with E-state index in [4.69, 9.17) is 4.74 Å². The smallest absolute Gasteiger partial charge is 0.326 e. The van der Waals surface area contributed by atoms with Gasteiger partial charge in [-0.15, -0.1) is 23.5 Å². The molecule has 27 heavy (non-hydrogen) atoms. The van der Waals surface area contributed by atoms with Crippen LogP contribution in [0.25, 0.3) is 0 Å². The molecule has 0 amide bonds. The lowest BCUT2D eigenvalue weighted by atomic mass is 10.2. The van der Waals surface area contributed by atoms with Gasteiger partial charge in [-0.25, -0.2) is 12.8 Å². The first-order valence-electron chi connectivity index (χ1n) is 8.12. The largest absolute Gasteiger partial charge is 0.426 e. The second-order valence-corrected chi connectivity index (χ2v) is 10.6. The van der Waals surface area contributed by atoms with E-state index in [-0.39, 0.29) is 4.90 Å². The molecule has 1 fully saturated rings. The van der Waals surface area contributed by atoms with E-state index in [1.165, 1.54) is 12.6 Å². The lowest BCUT2D eigenvalue weighted by Crippen LogP contribution is -2.34. The van der Waals surface area contributed by atoms with Crippen molar-refractivity contribution in [2.24, 2.45) is 0 Å². The van der Waals surface area contributed by atoms with Crippen LogP contribution in [0.2, 0.25) is 0 Å². The molecular formula is C18H18FNO4S3. The molecule has 1 aliphatic heterocycles. The number of hydrogen-bond donors (Lipinski definition) is 0. The van der Waals surface area contributed by atoms with Crippen LogP contribution in [0.1, 0.15) is 10.1 Å². The summed E-state index contributed by atoms with van der Waals surface area (Å²) in [6.07, 6.45) is 0. The van der Waals surface area contributed by atoms with E-state index in [0.29, 0.717) is 10.3 Å². The summed E-state index contributed by atoms with van der Waals surface area (Å²) >= 11 is 3.77. The molecule has 9 heteroatoms. The number of esters is 1. The average molecular weight is 428 g/mol. The van der Waals surface area contributed by atoms with E-state index >= 15 is 0 Å². The second kappa shape index (κ2) is 8.64. The minimum absolute atomic E-state index is 0.0879. The molecule has 3 rings (SSSR count). The summed E-state index contributed by atoms with van der Waals surface area (Å²) in [5.74, 6) is 1.39. The maximum Gasteiger partial charge on any atom is 0.326 e. The normalized spacial score (nSPS) is 15.2. The zero-order valence-electron chi connectivity index (χ0n) is 14.5. The zero-order chi connectivity index (χ0) is 19.4. The van der Waals surface area contributed by atoms with Gasteiger partial charge in [0.25, 0.3) is 0 Å². The van der Waals surface area contributed by atoms with Crippen LogP contribution in [0.5, 0.6) is 5.75 Å². The fourth-order valence-corrected chi connectivity index (χ4v) is 6.44. The minimum atomic E-state index is -3.90. The Labute approximate surface area is 166 Å². The number of hydrogen-bond acceptors (Lipinski definition) is 6. The molecule has 0 N–H and O–H groups in total. The van der Waals surface area contributed by atoms with Crippen LogP contribution in [-0.4, -0.2) is 43.8 Å². The Bertz CT molecular complexity index is 895. The number of nitrogens with zero attached hydrogens (tertiary/aromatic N) is 1. The van der Waals surface area contributed by atoms with Crippen LogP contribution in [0.3, 0.4) is 0 Å². The van der Waals surface area contributed by atoms with Crippen molar-refractivity contribution in [3.05, 3.63) is 59.9 Å². The maximum absolute atomic E-state index is 13.0. The van der Waals surface area contributed by atoms with Crippen molar-refractivity contribution in [2.75, 3.05) is 25.1 Å². The van der Waals surface area contributed by atoms with Crippen molar-refractivity contribution >= 4 is 39.5 Å². The first kappa shape index (κ1) is 20.2. The molecule has 0 spiro atoms. The maximum atomic E-state index is 13.0. The van der Waals surface area contributed by atoms with E-state index in [1.54, 1.807) is 12.1 Å². The van der Waals surface area contributed by atoms with Crippen molar-refractivity contribution in [3.63, 3.8) is 0 Å². The van der Waals surface area contributed by atoms with Gasteiger partial charge in [0.05, 0.1) is 9.48 Å². The summed E-state index contributed by atoms with van der Waals surface area (Å²) in [5.41, 5.74) is 1.17. The fourth-order valence-electron chi connectivity index (χ4n) is 2.46. The van der Waals surface area contributed by atoms with E-state index < -0.39 is 28.4 Å². The molecule has 0 bridgehead atoms. The number of halogens is 1. The van der Waals surface area contributed by atoms with Crippen LogP contribution in [0.4, 0.5) is 4.39 Å². The monoisotopic (exact) mass is 427 g/mol. The predicted molar refractivity (Wildman–Crippen MR) is 106 cm³/mol. The number of carbonyl (C=O) groups is 1. The Morgan fingerprint density at radius 3 is 2.30 bits per heavy atom. The predicted octanol–water partition coefficient (Wildman–Crippen LogP) is 3.53. The van der Waals surface area contributed by atoms with Gasteiger partial charge in [-0.2, -0.15) is 4.31 Å². The summed E-state index contributed by atoms with van der Waals surface area (Å²) in [6.45, 7) is -0.449. The highest BCUT2D eigenvalue weighted by Crippen LogP contribution is 2.45. The second-order valence-electron chi connectivity index (χ2n) is 5.83. The summed E-state index contributed by atoms with van der Waals surface area (Å²) in [5, 5.41) is 0. The molecule has 0 radical (unpaired) electrons. The van der Waals surface area contributed by atoms with Crippen molar-refractivity contribution in [2.45, 2.75) is 9.48 Å². The molecule has 144 valence electrons. The van der Waals surface area contributed by atoms with Gasteiger partial charge in [-0.3, -0.25) is 4.79 Å². The third-order valence-electron chi connectivity index (χ3n) is 3.88. The molecule has 0 aliphatic carbocycles. The first-order valence-corrected chi connectivity index (χ1v) is 11.7. The quantitative estimate of drug-likeness (QED) is 0.519. The van der Waals surface area contributed by atoms with Crippen molar-refractivity contribution in [1.82, 2.24) is 4.31 Å². The van der Waals surface area contributed by atoms with Gasteiger partial charge >= 0.3 is 5.97 Å². The Morgan fingerprint density at radius 2 is 1.70 bits per heavy atom. The Morgan fingerprint density at radius 1 is 1.11 bits per heavy atom. The molecule has 0 aromatic heterocycles. The standard InChI is InChI=1S/C18H18FNO4S3/c1-20(27(22,23)16-8-4-14(19)5-9-16)12-17(21)24-15-6-2-13(3-7-15)18-25-10-11-26-18/h2-9,18H,10-12H2,1H3. The Balaban J connectivity index is 1.60. The minimum Gasteiger partial charge on any atom is -0.426 e. The average Bonchev–Trinajstić information content (AvgIpc) is 3.17. The van der Waals surface area contributed by atoms with Crippen LogP contribution in [0, 0.1) is 5.82 Å². The highest BCUT2D eigenvalue weighted by molar-refractivity contribution is 8.19. The number of likely N-dealkylation sites (N-methyl/N-ethyl adjacent to an activating group) is 1. The summed E-state index contributed by atoms with van der Waals surface area (Å²) in [6, 6.07) is 11.7. The molecule has 2 aromatic carbocycles. The molecule has 2 aromatic rings. The number of ether oxygens (including phenoxy) is 1. The van der Waals surface area contributed by atoms with Gasteiger partial charge in [0.1, 0.15) is 18.1 Å². The SMILES string of the molecule is CN(CC(=O)Oc1ccc(C2SCCS2)cc1)S(=O)(=O)c1ccc(F)cc1. The fraction of sp³-hybridized carbons (Fsp3) is 0.278. The molecule has 1 saturated heterocycles. The van der Waals surface area contributed by atoms with Gasteiger partial charge in [0.15, 0.2) is 0 Å². The van der Waals surface area contributed by atoms with Gasteiger partial charge in [0, 0.05) is 18.6 Å². The topological polar surface area (TPSA) is 63.7 Å². The van der Waals surface area contributed by atoms with Gasteiger partial charge in [-0.1, -0.05) is 12.1 Å². The Hall–Kier alpha value is -1.55. The molecule has 1 heterocycles. The highest BCUT2D eigenvalue weighted by atomic mass is 32.2. The molecular weight excluding hydrogens is 409 g/mol. The number of sulfonamides is 1. The van der Waals surface area contributed by atoms with Gasteiger partial charge < -0.3 is 4.74 Å². The molecule has 1 aliphatic rings. The molecule has 5 nitrogen and oxygen atoms in total. The van der Waals surface area contributed by atoms with Crippen LogP contribution < -0.4 is 4.74 Å². The summed E-state index contributed by atoms with van der Waals surface area (Å²) < 4.78 is 44.3. The molecule has 0 saturated carbocycles. The number of carbonyl (C=O) groups excluding carboxylic acids is 1. The van der Waals surface area contributed by atoms with Crippen molar-refractivity contribution < 1.29 is 22.3 Å². The van der Waals surface area contributed by atoms with E-state index in [2.05, 4.69) is 0 Å². The summed E-state index contributed by atoms with van der Waals surface area (Å²) in [7, 11) is -2.63. The number of thioether (sulfide) groups is 2. The third-order valence-corrected chi connectivity index (χ3v) is 8.80. The first-order chi connectivity index (χ1) is 12.9. The van der Waals surface area contributed by atoms with Gasteiger partial charge in [-0.05, 0) is 42.0 Å². The van der Waals surface area contributed by atoms with E-state index in [1.807, 2.05) is 35.7 Å². The lowest BCUT2D eigenvalue weighted by Gasteiger charge is -2.16. The van der Waals surface area contributed by atoms with Crippen LogP contribution in [0.15, 0.2) is 53.4 Å². The highest BCUT2D eigenvalue weighted by Gasteiger charge is 2.24. The van der Waals surface area contributed by atoms with E-state index in [9.17, 15) is 17.6 Å². The van der Waals surface area contributed by atoms with Crippen LogP contribution in [-0.2, 0) is 14.8 Å². The Kier molecular flexibility index (Phi) is 6.46. The van der Waals surface area contributed by atoms with Crippen molar-refractivity contribution in [1.29, 1.82) is 0 Å². The van der Waals surface area contributed by atoms with Crippen LogP contribution >= 0.6 is 23.5 Å².